The molecule has 0 spiro atoms. The molecule has 0 bridgehead atoms. The summed E-state index contributed by atoms with van der Waals surface area (Å²) in [4.78, 5) is 2.31. The van der Waals surface area contributed by atoms with Gasteiger partial charge in [-0.2, -0.15) is 5.10 Å². The zero-order valence-electron chi connectivity index (χ0n) is 9.27. The summed E-state index contributed by atoms with van der Waals surface area (Å²) >= 11 is 0. The Hall–Kier alpha value is -1.03. The second-order valence-corrected chi connectivity index (χ2v) is 4.19. The number of rotatable bonds is 5. The summed E-state index contributed by atoms with van der Waals surface area (Å²) in [6.45, 7) is 7.49. The van der Waals surface area contributed by atoms with Crippen LogP contribution in [-0.4, -0.2) is 34.8 Å². The molecule has 1 rings (SSSR count). The van der Waals surface area contributed by atoms with Crippen LogP contribution in [0.4, 0.5) is 5.69 Å². The fourth-order valence-corrected chi connectivity index (χ4v) is 1.49. The van der Waals surface area contributed by atoms with Crippen LogP contribution < -0.4 is 5.73 Å². The number of aromatic nitrogens is 2. The van der Waals surface area contributed by atoms with Crippen molar-refractivity contribution in [1.82, 2.24) is 14.7 Å². The van der Waals surface area contributed by atoms with Crippen LogP contribution in [-0.2, 0) is 6.54 Å². The third-order valence-corrected chi connectivity index (χ3v) is 2.04. The highest BCUT2D eigenvalue weighted by molar-refractivity contribution is 5.30. The van der Waals surface area contributed by atoms with Crippen LogP contribution >= 0.6 is 0 Å². The smallest absolute Gasteiger partial charge is 0.0719 e. The van der Waals surface area contributed by atoms with E-state index in [2.05, 4.69) is 30.9 Å². The van der Waals surface area contributed by atoms with Crippen LogP contribution in [0, 0.1) is 5.92 Å². The van der Waals surface area contributed by atoms with Gasteiger partial charge in [0.25, 0.3) is 0 Å². The first-order chi connectivity index (χ1) is 6.58. The average molecular weight is 196 g/mol. The Labute approximate surface area is 85.7 Å². The molecular weight excluding hydrogens is 176 g/mol. The van der Waals surface area contributed by atoms with Crippen LogP contribution in [0.2, 0.25) is 0 Å². The van der Waals surface area contributed by atoms with Gasteiger partial charge in [-0.1, -0.05) is 13.8 Å². The fraction of sp³-hybridized carbons (Fsp3) is 0.700. The van der Waals surface area contributed by atoms with Crippen LogP contribution in [0.1, 0.15) is 13.8 Å². The second-order valence-electron chi connectivity index (χ2n) is 4.19. The zero-order chi connectivity index (χ0) is 10.6. The standard InChI is InChI=1S/C10H20N4/c1-9(2)7-13(3)4-5-14-8-10(11)6-12-14/h6,8-9H,4-5,7,11H2,1-3H3. The summed E-state index contributed by atoms with van der Waals surface area (Å²) < 4.78 is 1.88. The molecule has 4 heteroatoms. The van der Waals surface area contributed by atoms with Crippen LogP contribution in [0.15, 0.2) is 12.4 Å². The Kier molecular flexibility index (Phi) is 3.95. The molecular formula is C10H20N4. The molecule has 0 aliphatic rings. The lowest BCUT2D eigenvalue weighted by atomic mass is 10.2. The zero-order valence-corrected chi connectivity index (χ0v) is 9.27. The molecule has 0 saturated carbocycles. The average Bonchev–Trinajstić information content (AvgIpc) is 2.47. The molecule has 1 aromatic rings. The van der Waals surface area contributed by atoms with E-state index in [0.717, 1.165) is 25.3 Å². The van der Waals surface area contributed by atoms with E-state index in [1.807, 2.05) is 10.9 Å². The van der Waals surface area contributed by atoms with Gasteiger partial charge in [-0.25, -0.2) is 0 Å². The van der Waals surface area contributed by atoms with Gasteiger partial charge in [-0.15, -0.1) is 0 Å². The first-order valence-electron chi connectivity index (χ1n) is 5.04. The maximum absolute atomic E-state index is 5.57. The molecule has 0 aromatic carbocycles. The Balaban J connectivity index is 2.26. The van der Waals surface area contributed by atoms with E-state index >= 15 is 0 Å². The molecule has 2 N–H and O–H groups in total. The highest BCUT2D eigenvalue weighted by Crippen LogP contribution is 1.99. The molecule has 0 amide bonds. The molecule has 0 aliphatic carbocycles. The molecule has 0 saturated heterocycles. The molecule has 80 valence electrons. The van der Waals surface area contributed by atoms with Crippen molar-refractivity contribution in [3.63, 3.8) is 0 Å². The molecule has 1 aromatic heterocycles. The summed E-state index contributed by atoms with van der Waals surface area (Å²) in [6, 6.07) is 0. The van der Waals surface area contributed by atoms with Gasteiger partial charge in [-0.05, 0) is 13.0 Å². The van der Waals surface area contributed by atoms with E-state index in [9.17, 15) is 0 Å². The monoisotopic (exact) mass is 196 g/mol. The first-order valence-corrected chi connectivity index (χ1v) is 5.04. The highest BCUT2D eigenvalue weighted by Gasteiger charge is 2.02. The highest BCUT2D eigenvalue weighted by atomic mass is 15.3. The van der Waals surface area contributed by atoms with Crippen molar-refractivity contribution in [2.45, 2.75) is 20.4 Å². The SMILES string of the molecule is CC(C)CN(C)CCn1cc(N)cn1. The van der Waals surface area contributed by atoms with Crippen molar-refractivity contribution < 1.29 is 0 Å². The van der Waals surface area contributed by atoms with Gasteiger partial charge in [0.15, 0.2) is 0 Å². The van der Waals surface area contributed by atoms with Gasteiger partial charge < -0.3 is 10.6 Å². The summed E-state index contributed by atoms with van der Waals surface area (Å²) in [6.07, 6.45) is 3.55. The van der Waals surface area contributed by atoms with E-state index in [-0.39, 0.29) is 0 Å². The first kappa shape index (κ1) is 11.0. The normalized spacial score (nSPS) is 11.5. The Bertz CT molecular complexity index is 267. The Morgan fingerprint density at radius 2 is 2.29 bits per heavy atom. The molecule has 0 radical (unpaired) electrons. The van der Waals surface area contributed by atoms with Gasteiger partial charge in [0.05, 0.1) is 18.4 Å². The molecule has 4 nitrogen and oxygen atoms in total. The molecule has 0 unspecified atom stereocenters. The molecule has 0 aliphatic heterocycles. The van der Waals surface area contributed by atoms with Crippen LogP contribution in [0.5, 0.6) is 0 Å². The van der Waals surface area contributed by atoms with Crippen molar-refractivity contribution in [1.29, 1.82) is 0 Å². The van der Waals surface area contributed by atoms with Gasteiger partial charge in [0.1, 0.15) is 0 Å². The third-order valence-electron chi connectivity index (χ3n) is 2.04. The van der Waals surface area contributed by atoms with E-state index in [4.69, 9.17) is 5.73 Å². The number of nitrogens with two attached hydrogens (primary N) is 1. The molecule has 1 heterocycles. The minimum atomic E-state index is 0.711. The van der Waals surface area contributed by atoms with Crippen molar-refractivity contribution in [3.8, 4) is 0 Å². The number of nitrogens with zero attached hydrogens (tertiary/aromatic N) is 3. The summed E-state index contributed by atoms with van der Waals surface area (Å²) in [5.74, 6) is 0.711. The van der Waals surface area contributed by atoms with Crippen LogP contribution in [0.25, 0.3) is 0 Å². The third kappa shape index (κ3) is 3.79. The van der Waals surface area contributed by atoms with Crippen molar-refractivity contribution in [2.75, 3.05) is 25.9 Å². The minimum Gasteiger partial charge on any atom is -0.396 e. The molecule has 0 fully saturated rings. The van der Waals surface area contributed by atoms with E-state index in [0.29, 0.717) is 5.92 Å². The lowest BCUT2D eigenvalue weighted by Gasteiger charge is -2.18. The lowest BCUT2D eigenvalue weighted by molar-refractivity contribution is 0.279. The Morgan fingerprint density at radius 1 is 1.57 bits per heavy atom. The van der Waals surface area contributed by atoms with Gasteiger partial charge in [0.2, 0.25) is 0 Å². The largest absolute Gasteiger partial charge is 0.396 e. The number of nitrogen functional groups attached to an aromatic ring is 1. The minimum absolute atomic E-state index is 0.711. The fourth-order valence-electron chi connectivity index (χ4n) is 1.49. The maximum atomic E-state index is 5.57. The van der Waals surface area contributed by atoms with E-state index in [1.165, 1.54) is 0 Å². The van der Waals surface area contributed by atoms with Crippen molar-refractivity contribution in [2.24, 2.45) is 5.92 Å². The number of anilines is 1. The molecule has 14 heavy (non-hydrogen) atoms. The lowest BCUT2D eigenvalue weighted by Crippen LogP contribution is -2.27. The summed E-state index contributed by atoms with van der Waals surface area (Å²) in [5.41, 5.74) is 6.30. The van der Waals surface area contributed by atoms with Crippen LogP contribution in [0.3, 0.4) is 0 Å². The number of likely N-dealkylation sites (N-methyl/N-ethyl adjacent to an activating group) is 1. The quantitative estimate of drug-likeness (QED) is 0.766. The van der Waals surface area contributed by atoms with Gasteiger partial charge in [-0.3, -0.25) is 4.68 Å². The Morgan fingerprint density at radius 3 is 2.79 bits per heavy atom. The summed E-state index contributed by atoms with van der Waals surface area (Å²) in [5, 5.41) is 4.13. The second kappa shape index (κ2) is 5.00. The topological polar surface area (TPSA) is 47.1 Å². The van der Waals surface area contributed by atoms with Crippen molar-refractivity contribution in [3.05, 3.63) is 12.4 Å². The van der Waals surface area contributed by atoms with Crippen molar-refractivity contribution >= 4 is 5.69 Å². The predicted molar refractivity (Wildman–Crippen MR) is 59.0 cm³/mol. The number of hydrogen-bond acceptors (Lipinski definition) is 3. The molecule has 0 atom stereocenters. The number of hydrogen-bond donors (Lipinski definition) is 1. The van der Waals surface area contributed by atoms with E-state index in [1.54, 1.807) is 6.20 Å². The predicted octanol–water partition coefficient (Wildman–Crippen LogP) is 1.05. The van der Waals surface area contributed by atoms with E-state index < -0.39 is 0 Å². The van der Waals surface area contributed by atoms with Gasteiger partial charge >= 0.3 is 0 Å². The maximum Gasteiger partial charge on any atom is 0.0719 e. The summed E-state index contributed by atoms with van der Waals surface area (Å²) in [7, 11) is 2.13. The van der Waals surface area contributed by atoms with Gasteiger partial charge in [0, 0.05) is 19.3 Å².